The van der Waals surface area contributed by atoms with Gasteiger partial charge in [0.2, 0.25) is 0 Å². The Kier molecular flexibility index (Phi) is 3.33. The van der Waals surface area contributed by atoms with Crippen LogP contribution in [0.3, 0.4) is 0 Å². The molecular formula is C17H25N3. The molecule has 3 heteroatoms. The molecule has 0 saturated carbocycles. The third kappa shape index (κ3) is 1.87. The zero-order valence-corrected chi connectivity index (χ0v) is 13.0. The van der Waals surface area contributed by atoms with Gasteiger partial charge in [-0.1, -0.05) is 19.9 Å². The highest BCUT2D eigenvalue weighted by Gasteiger charge is 2.42. The summed E-state index contributed by atoms with van der Waals surface area (Å²) in [4.78, 5) is 5.04. The van der Waals surface area contributed by atoms with Gasteiger partial charge in [0.25, 0.3) is 0 Å². The highest BCUT2D eigenvalue weighted by atomic mass is 15.1. The summed E-state index contributed by atoms with van der Waals surface area (Å²) >= 11 is 0. The van der Waals surface area contributed by atoms with Gasteiger partial charge in [0.05, 0.1) is 11.0 Å². The van der Waals surface area contributed by atoms with E-state index in [-0.39, 0.29) is 5.41 Å². The molecule has 1 aromatic carbocycles. The standard InChI is InChI=1S/C17H25N3/c1-5-20-15-7-6-13(4)10-14(15)19-16(20)17(12(2)3)8-9-18-11-17/h6-7,10,12,18H,5,8-9,11H2,1-4H3. The number of benzene rings is 1. The molecule has 3 nitrogen and oxygen atoms in total. The van der Waals surface area contributed by atoms with Crippen molar-refractivity contribution in [3.8, 4) is 0 Å². The molecular weight excluding hydrogens is 246 g/mol. The van der Waals surface area contributed by atoms with Crippen LogP contribution >= 0.6 is 0 Å². The number of fused-ring (bicyclic) bond motifs is 1. The van der Waals surface area contributed by atoms with Crippen molar-refractivity contribution in [2.24, 2.45) is 5.92 Å². The highest BCUT2D eigenvalue weighted by Crippen LogP contribution is 2.38. The summed E-state index contributed by atoms with van der Waals surface area (Å²) < 4.78 is 2.42. The van der Waals surface area contributed by atoms with Crippen molar-refractivity contribution in [3.05, 3.63) is 29.6 Å². The minimum absolute atomic E-state index is 0.183. The van der Waals surface area contributed by atoms with E-state index < -0.39 is 0 Å². The fourth-order valence-corrected chi connectivity index (χ4v) is 3.59. The zero-order chi connectivity index (χ0) is 14.3. The number of nitrogens with zero attached hydrogens (tertiary/aromatic N) is 2. The average Bonchev–Trinajstić information content (AvgIpc) is 3.02. The lowest BCUT2D eigenvalue weighted by molar-refractivity contribution is 0.308. The van der Waals surface area contributed by atoms with Gasteiger partial charge in [-0.15, -0.1) is 0 Å². The maximum Gasteiger partial charge on any atom is 0.117 e. The maximum absolute atomic E-state index is 5.04. The molecule has 1 aliphatic rings. The van der Waals surface area contributed by atoms with Crippen LogP contribution in [-0.4, -0.2) is 22.6 Å². The Labute approximate surface area is 121 Å². The number of aryl methyl sites for hydroxylation is 2. The van der Waals surface area contributed by atoms with E-state index in [1.807, 2.05) is 0 Å². The Morgan fingerprint density at radius 1 is 1.40 bits per heavy atom. The first-order valence-corrected chi connectivity index (χ1v) is 7.76. The Bertz CT molecular complexity index is 618. The van der Waals surface area contributed by atoms with E-state index in [1.54, 1.807) is 0 Å². The Hall–Kier alpha value is -1.35. The maximum atomic E-state index is 5.04. The molecule has 0 aliphatic carbocycles. The van der Waals surface area contributed by atoms with Gasteiger partial charge in [-0.3, -0.25) is 0 Å². The van der Waals surface area contributed by atoms with Crippen molar-refractivity contribution >= 4 is 11.0 Å². The summed E-state index contributed by atoms with van der Waals surface area (Å²) in [6, 6.07) is 6.62. The largest absolute Gasteiger partial charge is 0.328 e. The van der Waals surface area contributed by atoms with Crippen LogP contribution in [0.15, 0.2) is 18.2 Å². The highest BCUT2D eigenvalue weighted by molar-refractivity contribution is 5.77. The van der Waals surface area contributed by atoms with Crippen molar-refractivity contribution in [1.29, 1.82) is 0 Å². The molecule has 3 rings (SSSR count). The molecule has 0 amide bonds. The molecule has 1 N–H and O–H groups in total. The lowest BCUT2D eigenvalue weighted by Gasteiger charge is -2.32. The number of aromatic nitrogens is 2. The summed E-state index contributed by atoms with van der Waals surface area (Å²) in [5.74, 6) is 1.88. The molecule has 1 saturated heterocycles. The topological polar surface area (TPSA) is 29.9 Å². The molecule has 108 valence electrons. The van der Waals surface area contributed by atoms with Gasteiger partial charge in [-0.05, 0) is 50.4 Å². The van der Waals surface area contributed by atoms with Crippen LogP contribution in [0.1, 0.15) is 38.6 Å². The Balaban J connectivity index is 2.24. The Morgan fingerprint density at radius 2 is 2.20 bits per heavy atom. The molecule has 0 radical (unpaired) electrons. The van der Waals surface area contributed by atoms with Crippen molar-refractivity contribution in [2.75, 3.05) is 13.1 Å². The fourth-order valence-electron chi connectivity index (χ4n) is 3.59. The number of rotatable bonds is 3. The summed E-state index contributed by atoms with van der Waals surface area (Å²) in [5, 5.41) is 3.55. The van der Waals surface area contributed by atoms with E-state index in [1.165, 1.54) is 23.3 Å². The molecule has 1 fully saturated rings. The second-order valence-corrected chi connectivity index (χ2v) is 6.41. The van der Waals surface area contributed by atoms with E-state index >= 15 is 0 Å². The molecule has 2 heterocycles. The molecule has 2 aromatic rings. The third-order valence-corrected chi connectivity index (χ3v) is 4.96. The summed E-state index contributed by atoms with van der Waals surface area (Å²) in [6.45, 7) is 12.2. The van der Waals surface area contributed by atoms with Crippen LogP contribution in [-0.2, 0) is 12.0 Å². The quantitative estimate of drug-likeness (QED) is 0.928. The van der Waals surface area contributed by atoms with Crippen molar-refractivity contribution in [3.63, 3.8) is 0 Å². The lowest BCUT2D eigenvalue weighted by atomic mass is 9.75. The second kappa shape index (κ2) is 4.88. The van der Waals surface area contributed by atoms with E-state index in [0.29, 0.717) is 5.92 Å². The monoisotopic (exact) mass is 271 g/mol. The predicted octanol–water partition coefficient (Wildman–Crippen LogP) is 3.25. The van der Waals surface area contributed by atoms with Gasteiger partial charge in [0, 0.05) is 18.5 Å². The third-order valence-electron chi connectivity index (χ3n) is 4.96. The first-order valence-electron chi connectivity index (χ1n) is 7.76. The Morgan fingerprint density at radius 3 is 2.80 bits per heavy atom. The normalized spacial score (nSPS) is 23.1. The van der Waals surface area contributed by atoms with E-state index in [4.69, 9.17) is 4.98 Å². The molecule has 1 aliphatic heterocycles. The number of hydrogen-bond acceptors (Lipinski definition) is 2. The van der Waals surface area contributed by atoms with Crippen LogP contribution in [0.25, 0.3) is 11.0 Å². The predicted molar refractivity (Wildman–Crippen MR) is 84.1 cm³/mol. The van der Waals surface area contributed by atoms with E-state index in [9.17, 15) is 0 Å². The van der Waals surface area contributed by atoms with Gasteiger partial charge in [-0.25, -0.2) is 4.98 Å². The summed E-state index contributed by atoms with van der Waals surface area (Å²) in [5.41, 5.74) is 3.89. The van der Waals surface area contributed by atoms with Gasteiger partial charge in [0.15, 0.2) is 0 Å². The lowest BCUT2D eigenvalue weighted by Crippen LogP contribution is -2.37. The van der Waals surface area contributed by atoms with Crippen molar-refractivity contribution in [1.82, 2.24) is 14.9 Å². The molecule has 1 atom stereocenters. The molecule has 1 unspecified atom stereocenters. The van der Waals surface area contributed by atoms with Crippen LogP contribution in [0.5, 0.6) is 0 Å². The summed E-state index contributed by atoms with van der Waals surface area (Å²) in [6.07, 6.45) is 1.19. The average molecular weight is 271 g/mol. The van der Waals surface area contributed by atoms with E-state index in [2.05, 4.69) is 55.8 Å². The van der Waals surface area contributed by atoms with Crippen molar-refractivity contribution in [2.45, 2.75) is 46.1 Å². The molecule has 1 aromatic heterocycles. The first-order chi connectivity index (χ1) is 9.58. The minimum atomic E-state index is 0.183. The number of nitrogens with one attached hydrogen (secondary N) is 1. The molecule has 0 spiro atoms. The molecule has 0 bridgehead atoms. The zero-order valence-electron chi connectivity index (χ0n) is 13.0. The van der Waals surface area contributed by atoms with Gasteiger partial charge in [0.1, 0.15) is 5.82 Å². The number of hydrogen-bond donors (Lipinski definition) is 1. The van der Waals surface area contributed by atoms with Crippen LogP contribution in [0.4, 0.5) is 0 Å². The SMILES string of the molecule is CCn1c(C2(C(C)C)CCNC2)nc2cc(C)ccc21. The number of imidazole rings is 1. The van der Waals surface area contributed by atoms with Gasteiger partial charge >= 0.3 is 0 Å². The van der Waals surface area contributed by atoms with Gasteiger partial charge in [-0.2, -0.15) is 0 Å². The van der Waals surface area contributed by atoms with Crippen LogP contribution in [0.2, 0.25) is 0 Å². The fraction of sp³-hybridized carbons (Fsp3) is 0.588. The van der Waals surface area contributed by atoms with Gasteiger partial charge < -0.3 is 9.88 Å². The molecule has 20 heavy (non-hydrogen) atoms. The summed E-state index contributed by atoms with van der Waals surface area (Å²) in [7, 11) is 0. The van der Waals surface area contributed by atoms with Crippen molar-refractivity contribution < 1.29 is 0 Å². The van der Waals surface area contributed by atoms with Crippen LogP contribution < -0.4 is 5.32 Å². The smallest absolute Gasteiger partial charge is 0.117 e. The minimum Gasteiger partial charge on any atom is -0.328 e. The van der Waals surface area contributed by atoms with E-state index in [0.717, 1.165) is 25.2 Å². The first kappa shape index (κ1) is 13.6. The second-order valence-electron chi connectivity index (χ2n) is 6.41. The van der Waals surface area contributed by atoms with Crippen LogP contribution in [0, 0.1) is 12.8 Å².